The van der Waals surface area contributed by atoms with Crippen molar-refractivity contribution in [3.63, 3.8) is 0 Å². The number of nitrogens with one attached hydrogen (secondary N) is 2. The van der Waals surface area contributed by atoms with Gasteiger partial charge in [0.15, 0.2) is 5.96 Å². The molecule has 1 heterocycles. The fourth-order valence-corrected chi connectivity index (χ4v) is 2.84. The first-order chi connectivity index (χ1) is 13.2. The summed E-state index contributed by atoms with van der Waals surface area (Å²) in [5, 5.41) is 11.0. The summed E-state index contributed by atoms with van der Waals surface area (Å²) in [5.74, 6) is 2.98. The number of para-hydroxylation sites is 1. The number of halogens is 1. The summed E-state index contributed by atoms with van der Waals surface area (Å²) >= 11 is 0. The van der Waals surface area contributed by atoms with E-state index in [-0.39, 0.29) is 24.0 Å². The Kier molecular flexibility index (Phi) is 9.60. The summed E-state index contributed by atoms with van der Waals surface area (Å²) in [6.07, 6.45) is 6.40. The predicted octanol–water partition coefficient (Wildman–Crippen LogP) is 3.68. The van der Waals surface area contributed by atoms with Crippen LogP contribution in [0, 0.1) is 11.8 Å². The van der Waals surface area contributed by atoms with Crippen molar-refractivity contribution in [1.82, 2.24) is 20.4 Å². The molecule has 0 aliphatic heterocycles. The SMILES string of the molecule is CCNC(=NCc1ccccc1OCC1CC1)NCC(C)Cn1cccn1.I. The van der Waals surface area contributed by atoms with E-state index in [4.69, 9.17) is 9.73 Å². The van der Waals surface area contributed by atoms with Gasteiger partial charge in [-0.15, -0.1) is 24.0 Å². The number of hydrogen-bond donors (Lipinski definition) is 2. The monoisotopic (exact) mass is 497 g/mol. The normalized spacial score (nSPS) is 14.9. The topological polar surface area (TPSA) is 63.5 Å². The average Bonchev–Trinajstić information content (AvgIpc) is 3.37. The maximum atomic E-state index is 5.99. The van der Waals surface area contributed by atoms with Crippen LogP contribution in [0.4, 0.5) is 0 Å². The number of rotatable bonds is 10. The third kappa shape index (κ3) is 7.69. The number of ether oxygens (including phenoxy) is 1. The molecule has 7 heteroatoms. The number of nitrogens with zero attached hydrogens (tertiary/aromatic N) is 3. The Morgan fingerprint density at radius 2 is 2.11 bits per heavy atom. The van der Waals surface area contributed by atoms with E-state index in [2.05, 4.69) is 35.6 Å². The highest BCUT2D eigenvalue weighted by Gasteiger charge is 2.22. The van der Waals surface area contributed by atoms with Crippen LogP contribution in [-0.4, -0.2) is 35.4 Å². The molecule has 0 saturated heterocycles. The molecule has 0 radical (unpaired) electrons. The van der Waals surface area contributed by atoms with Gasteiger partial charge in [-0.25, -0.2) is 4.99 Å². The third-order valence-electron chi connectivity index (χ3n) is 4.57. The zero-order valence-electron chi connectivity index (χ0n) is 16.8. The van der Waals surface area contributed by atoms with Gasteiger partial charge in [-0.05, 0) is 43.7 Å². The molecule has 1 atom stereocenters. The lowest BCUT2D eigenvalue weighted by Crippen LogP contribution is -2.40. The van der Waals surface area contributed by atoms with Crippen molar-refractivity contribution in [2.45, 2.75) is 39.8 Å². The molecule has 0 bridgehead atoms. The third-order valence-corrected chi connectivity index (χ3v) is 4.57. The molecule has 2 N–H and O–H groups in total. The molecular weight excluding hydrogens is 465 g/mol. The van der Waals surface area contributed by atoms with Gasteiger partial charge in [-0.3, -0.25) is 4.68 Å². The van der Waals surface area contributed by atoms with E-state index >= 15 is 0 Å². The van der Waals surface area contributed by atoms with Crippen molar-refractivity contribution >= 4 is 29.9 Å². The minimum absolute atomic E-state index is 0. The molecule has 0 spiro atoms. The first-order valence-corrected chi connectivity index (χ1v) is 9.95. The molecule has 3 rings (SSSR count). The number of benzene rings is 1. The Morgan fingerprint density at radius 3 is 2.82 bits per heavy atom. The molecule has 1 aliphatic rings. The van der Waals surface area contributed by atoms with Crippen LogP contribution in [-0.2, 0) is 13.1 Å². The number of aromatic nitrogens is 2. The summed E-state index contributed by atoms with van der Waals surface area (Å²) in [4.78, 5) is 4.75. The highest BCUT2D eigenvalue weighted by molar-refractivity contribution is 14.0. The average molecular weight is 497 g/mol. The van der Waals surface area contributed by atoms with Gasteiger partial charge in [0, 0.05) is 37.6 Å². The van der Waals surface area contributed by atoms with Crippen LogP contribution in [0.2, 0.25) is 0 Å². The largest absolute Gasteiger partial charge is 0.493 e. The van der Waals surface area contributed by atoms with Gasteiger partial charge in [-0.2, -0.15) is 5.10 Å². The second kappa shape index (κ2) is 11.9. The van der Waals surface area contributed by atoms with Gasteiger partial charge in [0.2, 0.25) is 0 Å². The fraction of sp³-hybridized carbons (Fsp3) is 0.524. The Labute approximate surface area is 185 Å². The smallest absolute Gasteiger partial charge is 0.191 e. The molecule has 154 valence electrons. The highest BCUT2D eigenvalue weighted by atomic mass is 127. The standard InChI is InChI=1S/C21H31N5O.HI/c1-3-22-21(23-13-17(2)15-26-12-6-11-25-26)24-14-19-7-4-5-8-20(19)27-16-18-9-10-18;/h4-8,11-12,17-18H,3,9-10,13-16H2,1-2H3,(H2,22,23,24);1H. The van der Waals surface area contributed by atoms with E-state index in [1.54, 1.807) is 0 Å². The number of guanidine groups is 1. The minimum atomic E-state index is 0. The zero-order valence-corrected chi connectivity index (χ0v) is 19.1. The summed E-state index contributed by atoms with van der Waals surface area (Å²) in [6, 6.07) is 10.2. The fourth-order valence-electron chi connectivity index (χ4n) is 2.84. The first kappa shape index (κ1) is 22.5. The van der Waals surface area contributed by atoms with Gasteiger partial charge in [0.05, 0.1) is 13.2 Å². The lowest BCUT2D eigenvalue weighted by Gasteiger charge is -2.16. The van der Waals surface area contributed by atoms with E-state index in [0.717, 1.165) is 49.4 Å². The van der Waals surface area contributed by atoms with Crippen molar-refractivity contribution in [3.05, 3.63) is 48.3 Å². The number of hydrogen-bond acceptors (Lipinski definition) is 3. The van der Waals surface area contributed by atoms with Gasteiger partial charge in [-0.1, -0.05) is 25.1 Å². The van der Waals surface area contributed by atoms with Gasteiger partial charge in [0.1, 0.15) is 5.75 Å². The van der Waals surface area contributed by atoms with Crippen molar-refractivity contribution in [2.24, 2.45) is 16.8 Å². The van der Waals surface area contributed by atoms with Crippen LogP contribution >= 0.6 is 24.0 Å². The predicted molar refractivity (Wildman–Crippen MR) is 124 cm³/mol. The van der Waals surface area contributed by atoms with Crippen molar-refractivity contribution < 1.29 is 4.74 Å². The van der Waals surface area contributed by atoms with Gasteiger partial charge >= 0.3 is 0 Å². The van der Waals surface area contributed by atoms with Crippen molar-refractivity contribution in [3.8, 4) is 5.75 Å². The van der Waals surface area contributed by atoms with Crippen LogP contribution in [0.15, 0.2) is 47.7 Å². The molecule has 1 aromatic carbocycles. The maximum Gasteiger partial charge on any atom is 0.191 e. The van der Waals surface area contributed by atoms with Crippen molar-refractivity contribution in [2.75, 3.05) is 19.7 Å². The van der Waals surface area contributed by atoms with Crippen LogP contribution in [0.25, 0.3) is 0 Å². The van der Waals surface area contributed by atoms with Crippen LogP contribution in [0.5, 0.6) is 5.75 Å². The Bertz CT molecular complexity index is 715. The highest BCUT2D eigenvalue weighted by Crippen LogP contribution is 2.30. The van der Waals surface area contributed by atoms with Crippen LogP contribution in [0.3, 0.4) is 0 Å². The molecule has 1 fully saturated rings. The van der Waals surface area contributed by atoms with E-state index in [0.29, 0.717) is 12.5 Å². The summed E-state index contributed by atoms with van der Waals surface area (Å²) in [6.45, 7) is 8.27. The summed E-state index contributed by atoms with van der Waals surface area (Å²) < 4.78 is 7.95. The summed E-state index contributed by atoms with van der Waals surface area (Å²) in [5.41, 5.74) is 1.12. The minimum Gasteiger partial charge on any atom is -0.493 e. The molecule has 2 aromatic rings. The van der Waals surface area contributed by atoms with E-state index in [9.17, 15) is 0 Å². The zero-order chi connectivity index (χ0) is 18.9. The van der Waals surface area contributed by atoms with E-state index in [1.807, 2.05) is 41.3 Å². The summed E-state index contributed by atoms with van der Waals surface area (Å²) in [7, 11) is 0. The number of aliphatic imine (C=N–C) groups is 1. The first-order valence-electron chi connectivity index (χ1n) is 9.95. The molecule has 6 nitrogen and oxygen atoms in total. The Morgan fingerprint density at radius 1 is 1.29 bits per heavy atom. The molecule has 1 saturated carbocycles. The van der Waals surface area contributed by atoms with Crippen molar-refractivity contribution in [1.29, 1.82) is 0 Å². The molecule has 1 aromatic heterocycles. The van der Waals surface area contributed by atoms with Gasteiger partial charge < -0.3 is 15.4 Å². The quantitative estimate of drug-likeness (QED) is 0.299. The van der Waals surface area contributed by atoms with Crippen LogP contribution in [0.1, 0.15) is 32.3 Å². The molecular formula is C21H32IN5O. The maximum absolute atomic E-state index is 5.99. The van der Waals surface area contributed by atoms with E-state index in [1.165, 1.54) is 12.8 Å². The molecule has 1 unspecified atom stereocenters. The Balaban J connectivity index is 0.00000280. The van der Waals surface area contributed by atoms with Gasteiger partial charge in [0.25, 0.3) is 0 Å². The van der Waals surface area contributed by atoms with E-state index < -0.39 is 0 Å². The molecule has 0 amide bonds. The second-order valence-electron chi connectivity index (χ2n) is 7.27. The lowest BCUT2D eigenvalue weighted by atomic mass is 10.2. The van der Waals surface area contributed by atoms with Crippen LogP contribution < -0.4 is 15.4 Å². The lowest BCUT2D eigenvalue weighted by molar-refractivity contribution is 0.297. The molecule has 28 heavy (non-hydrogen) atoms. The second-order valence-corrected chi connectivity index (χ2v) is 7.27. The molecule has 1 aliphatic carbocycles. The Hall–Kier alpha value is -1.77.